The molecule has 0 radical (unpaired) electrons. The first-order chi connectivity index (χ1) is 6.77. The third-order valence-corrected chi connectivity index (χ3v) is 2.37. The Labute approximate surface area is 82.6 Å². The average molecular weight is 197 g/mol. The van der Waals surface area contributed by atoms with Crippen LogP contribution in [-0.2, 0) is 4.74 Å². The number of hydrogen-bond donors (Lipinski definition) is 1. The van der Waals surface area contributed by atoms with Gasteiger partial charge in [-0.1, -0.05) is 5.16 Å². The largest absolute Gasteiger partial charge is 0.381 e. The van der Waals surface area contributed by atoms with Gasteiger partial charge in [-0.05, 0) is 19.8 Å². The van der Waals surface area contributed by atoms with Crippen LogP contribution < -0.4 is 5.73 Å². The third-order valence-electron chi connectivity index (χ3n) is 2.37. The molecule has 2 heterocycles. The van der Waals surface area contributed by atoms with Gasteiger partial charge in [-0.2, -0.15) is 4.98 Å². The van der Waals surface area contributed by atoms with Gasteiger partial charge in [-0.3, -0.25) is 0 Å². The highest BCUT2D eigenvalue weighted by Gasteiger charge is 2.22. The molecule has 0 amide bonds. The summed E-state index contributed by atoms with van der Waals surface area (Å²) in [6, 6.07) is -0.194. The van der Waals surface area contributed by atoms with Gasteiger partial charge in [0, 0.05) is 12.5 Å². The fraction of sp³-hybridized carbons (Fsp3) is 0.778. The van der Waals surface area contributed by atoms with Crippen molar-refractivity contribution in [1.82, 2.24) is 10.1 Å². The molecule has 0 saturated carbocycles. The van der Waals surface area contributed by atoms with Crippen LogP contribution in [0.5, 0.6) is 0 Å². The molecule has 1 unspecified atom stereocenters. The standard InChI is InChI=1S/C9H15N3O2/c1-6(10)9-11-8(12-14-9)7-3-2-4-13-5-7/h6-7H,2-5,10H2,1H3/t6-,7?/m0/s1. The van der Waals surface area contributed by atoms with Crippen LogP contribution in [0, 0.1) is 0 Å². The molecule has 0 aliphatic carbocycles. The van der Waals surface area contributed by atoms with Crippen molar-refractivity contribution in [3.05, 3.63) is 11.7 Å². The number of nitrogens with zero attached hydrogens (tertiary/aromatic N) is 2. The normalized spacial score (nSPS) is 24.9. The molecule has 0 spiro atoms. The van der Waals surface area contributed by atoms with E-state index in [9.17, 15) is 0 Å². The molecule has 1 aliphatic heterocycles. The highest BCUT2D eigenvalue weighted by atomic mass is 16.5. The van der Waals surface area contributed by atoms with Crippen LogP contribution in [0.15, 0.2) is 4.52 Å². The number of ether oxygens (including phenoxy) is 1. The summed E-state index contributed by atoms with van der Waals surface area (Å²) in [5, 5.41) is 3.92. The maximum absolute atomic E-state index is 5.63. The summed E-state index contributed by atoms with van der Waals surface area (Å²) in [6.45, 7) is 3.36. The molecular formula is C9H15N3O2. The van der Waals surface area contributed by atoms with Crippen LogP contribution in [0.1, 0.15) is 43.4 Å². The molecular weight excluding hydrogens is 182 g/mol. The van der Waals surface area contributed by atoms with Crippen LogP contribution in [0.2, 0.25) is 0 Å². The van der Waals surface area contributed by atoms with Gasteiger partial charge < -0.3 is 15.0 Å². The predicted molar refractivity (Wildman–Crippen MR) is 49.7 cm³/mol. The van der Waals surface area contributed by atoms with Crippen LogP contribution in [0.25, 0.3) is 0 Å². The van der Waals surface area contributed by atoms with E-state index in [1.165, 1.54) is 0 Å². The maximum atomic E-state index is 5.63. The monoisotopic (exact) mass is 197 g/mol. The number of nitrogens with two attached hydrogens (primary N) is 1. The first-order valence-corrected chi connectivity index (χ1v) is 4.94. The molecule has 1 fully saturated rings. The Balaban J connectivity index is 2.07. The molecule has 1 aromatic rings. The molecule has 5 heteroatoms. The molecule has 14 heavy (non-hydrogen) atoms. The zero-order valence-corrected chi connectivity index (χ0v) is 8.27. The topological polar surface area (TPSA) is 74.2 Å². The van der Waals surface area contributed by atoms with Gasteiger partial charge in [0.05, 0.1) is 12.6 Å². The Morgan fingerprint density at radius 3 is 3.00 bits per heavy atom. The lowest BCUT2D eigenvalue weighted by Gasteiger charge is -2.18. The van der Waals surface area contributed by atoms with Gasteiger partial charge in [-0.15, -0.1) is 0 Å². The van der Waals surface area contributed by atoms with E-state index >= 15 is 0 Å². The van der Waals surface area contributed by atoms with Crippen LogP contribution in [0.4, 0.5) is 0 Å². The van der Waals surface area contributed by atoms with Crippen molar-refractivity contribution in [3.63, 3.8) is 0 Å². The summed E-state index contributed by atoms with van der Waals surface area (Å²) in [5.41, 5.74) is 5.63. The molecule has 0 aromatic carbocycles. The van der Waals surface area contributed by atoms with Crippen LogP contribution in [0.3, 0.4) is 0 Å². The molecule has 1 aromatic heterocycles. The maximum Gasteiger partial charge on any atom is 0.243 e. The van der Waals surface area contributed by atoms with Gasteiger partial charge in [0.1, 0.15) is 0 Å². The highest BCUT2D eigenvalue weighted by Crippen LogP contribution is 2.23. The van der Waals surface area contributed by atoms with E-state index in [-0.39, 0.29) is 12.0 Å². The molecule has 0 bridgehead atoms. The molecule has 2 rings (SSSR count). The fourth-order valence-electron chi connectivity index (χ4n) is 1.54. The van der Waals surface area contributed by atoms with Crippen LogP contribution in [-0.4, -0.2) is 23.4 Å². The van der Waals surface area contributed by atoms with E-state index in [2.05, 4.69) is 10.1 Å². The Kier molecular flexibility index (Phi) is 2.79. The number of hydrogen-bond acceptors (Lipinski definition) is 5. The molecule has 2 atom stereocenters. The number of rotatable bonds is 2. The summed E-state index contributed by atoms with van der Waals surface area (Å²) < 4.78 is 10.4. The SMILES string of the molecule is C[C@H](N)c1nc(C2CCCOC2)no1. The second kappa shape index (κ2) is 4.06. The Bertz CT molecular complexity index is 292. The van der Waals surface area contributed by atoms with Crippen molar-refractivity contribution in [1.29, 1.82) is 0 Å². The first-order valence-electron chi connectivity index (χ1n) is 4.94. The Morgan fingerprint density at radius 2 is 2.43 bits per heavy atom. The van der Waals surface area contributed by atoms with Crippen molar-refractivity contribution in [3.8, 4) is 0 Å². The van der Waals surface area contributed by atoms with Crippen molar-refractivity contribution in [2.24, 2.45) is 5.73 Å². The highest BCUT2D eigenvalue weighted by molar-refractivity contribution is 4.98. The van der Waals surface area contributed by atoms with Gasteiger partial charge in [-0.25, -0.2) is 0 Å². The second-order valence-corrected chi connectivity index (χ2v) is 3.69. The molecule has 5 nitrogen and oxygen atoms in total. The quantitative estimate of drug-likeness (QED) is 0.765. The average Bonchev–Trinajstić information content (AvgIpc) is 2.68. The predicted octanol–water partition coefficient (Wildman–Crippen LogP) is 0.983. The van der Waals surface area contributed by atoms with E-state index in [4.69, 9.17) is 15.0 Å². The van der Waals surface area contributed by atoms with Gasteiger partial charge in [0.15, 0.2) is 5.82 Å². The number of aromatic nitrogens is 2. The summed E-state index contributed by atoms with van der Waals surface area (Å²) in [4.78, 5) is 4.25. The van der Waals surface area contributed by atoms with E-state index in [1.807, 2.05) is 6.92 Å². The van der Waals surface area contributed by atoms with E-state index in [1.54, 1.807) is 0 Å². The Morgan fingerprint density at radius 1 is 1.57 bits per heavy atom. The van der Waals surface area contributed by atoms with E-state index in [0.717, 1.165) is 25.3 Å². The molecule has 1 saturated heterocycles. The summed E-state index contributed by atoms with van der Waals surface area (Å²) in [6.07, 6.45) is 2.13. The third kappa shape index (κ3) is 1.93. The zero-order valence-electron chi connectivity index (χ0n) is 8.27. The van der Waals surface area contributed by atoms with Crippen molar-refractivity contribution >= 4 is 0 Å². The summed E-state index contributed by atoms with van der Waals surface area (Å²) >= 11 is 0. The van der Waals surface area contributed by atoms with E-state index < -0.39 is 0 Å². The summed E-state index contributed by atoms with van der Waals surface area (Å²) in [5.74, 6) is 1.52. The zero-order chi connectivity index (χ0) is 9.97. The minimum Gasteiger partial charge on any atom is -0.381 e. The Hall–Kier alpha value is -0.940. The lowest BCUT2D eigenvalue weighted by Crippen LogP contribution is -2.16. The fourth-order valence-corrected chi connectivity index (χ4v) is 1.54. The smallest absolute Gasteiger partial charge is 0.243 e. The van der Waals surface area contributed by atoms with Gasteiger partial charge in [0.25, 0.3) is 0 Å². The molecule has 1 aliphatic rings. The first kappa shape index (κ1) is 9.61. The van der Waals surface area contributed by atoms with E-state index in [0.29, 0.717) is 12.5 Å². The minimum atomic E-state index is -0.194. The molecule has 78 valence electrons. The molecule has 2 N–H and O–H groups in total. The lowest BCUT2D eigenvalue weighted by atomic mass is 10.0. The van der Waals surface area contributed by atoms with Crippen LogP contribution >= 0.6 is 0 Å². The van der Waals surface area contributed by atoms with Gasteiger partial charge in [0.2, 0.25) is 5.89 Å². The minimum absolute atomic E-state index is 0.194. The van der Waals surface area contributed by atoms with Crippen molar-refractivity contribution in [2.45, 2.75) is 31.7 Å². The second-order valence-electron chi connectivity index (χ2n) is 3.69. The van der Waals surface area contributed by atoms with Crippen molar-refractivity contribution in [2.75, 3.05) is 13.2 Å². The van der Waals surface area contributed by atoms with Gasteiger partial charge >= 0.3 is 0 Å². The summed E-state index contributed by atoms with van der Waals surface area (Å²) in [7, 11) is 0. The van der Waals surface area contributed by atoms with Crippen molar-refractivity contribution < 1.29 is 9.26 Å². The lowest BCUT2D eigenvalue weighted by molar-refractivity contribution is 0.0773.